The second kappa shape index (κ2) is 8.53. The van der Waals surface area contributed by atoms with Crippen LogP contribution in [0.5, 0.6) is 0 Å². The van der Waals surface area contributed by atoms with Crippen LogP contribution < -0.4 is 15.8 Å². The number of hydrazine groups is 1. The Morgan fingerprint density at radius 2 is 1.90 bits per heavy atom. The van der Waals surface area contributed by atoms with Crippen LogP contribution in [0, 0.1) is 0 Å². The predicted molar refractivity (Wildman–Crippen MR) is 107 cm³/mol. The first kappa shape index (κ1) is 20.7. The topological polar surface area (TPSA) is 128 Å². The fourth-order valence-corrected chi connectivity index (χ4v) is 3.66. The Kier molecular flexibility index (Phi) is 6.09. The summed E-state index contributed by atoms with van der Waals surface area (Å²) in [6.45, 7) is 2.42. The van der Waals surface area contributed by atoms with E-state index in [4.69, 9.17) is 0 Å². The number of carbonyl (C=O) groups excluding carboxylic acids is 1. The maximum Gasteiger partial charge on any atom is 0.287 e. The highest BCUT2D eigenvalue weighted by molar-refractivity contribution is 7.89. The molecule has 0 fully saturated rings. The fourth-order valence-electron chi connectivity index (χ4n) is 2.84. The molecule has 0 unspecified atom stereocenters. The fraction of sp³-hybridized carbons (Fsp3) is 0.333. The molecule has 0 radical (unpaired) electrons. The summed E-state index contributed by atoms with van der Waals surface area (Å²) in [6.07, 6.45) is 5.11. The summed E-state index contributed by atoms with van der Waals surface area (Å²) >= 11 is 0. The number of unbranched alkanes of at least 4 members (excludes halogenated alkanes) is 2. The number of benzene rings is 1. The Bertz CT molecular complexity index is 1200. The third kappa shape index (κ3) is 4.51. The largest absolute Gasteiger partial charge is 0.287 e. The van der Waals surface area contributed by atoms with Crippen molar-refractivity contribution in [3.8, 4) is 0 Å². The molecule has 0 aliphatic carbocycles. The van der Waals surface area contributed by atoms with E-state index in [0.29, 0.717) is 17.3 Å². The first-order valence-electron chi connectivity index (χ1n) is 9.14. The van der Waals surface area contributed by atoms with Crippen molar-refractivity contribution >= 4 is 26.7 Å². The Morgan fingerprint density at radius 1 is 1.17 bits per heavy atom. The zero-order valence-electron chi connectivity index (χ0n) is 16.1. The third-order valence-corrected chi connectivity index (χ3v) is 5.55. The van der Waals surface area contributed by atoms with Crippen molar-refractivity contribution in [2.45, 2.75) is 37.6 Å². The zero-order chi connectivity index (χ0) is 21.0. The standard InChI is InChI=1S/C18H22N6O4S/c1-3-4-7-10-24-18(26)15-9-6-5-8-14(15)16(21-24)17(25)20-22-29(27,28)13-11-19-23(2)12-13/h5-6,8-9,11-12,22H,3-4,7,10H2,1-2H3,(H,20,25). The van der Waals surface area contributed by atoms with E-state index >= 15 is 0 Å². The molecule has 0 saturated carbocycles. The van der Waals surface area contributed by atoms with Crippen molar-refractivity contribution in [3.63, 3.8) is 0 Å². The summed E-state index contributed by atoms with van der Waals surface area (Å²) in [6, 6.07) is 6.60. The minimum absolute atomic E-state index is 0.0365. The Morgan fingerprint density at radius 3 is 2.55 bits per heavy atom. The molecule has 1 amide bonds. The molecule has 0 aliphatic rings. The molecule has 3 aromatic rings. The highest BCUT2D eigenvalue weighted by Gasteiger charge is 2.20. The number of amides is 1. The molecular weight excluding hydrogens is 396 g/mol. The molecule has 29 heavy (non-hydrogen) atoms. The lowest BCUT2D eigenvalue weighted by Crippen LogP contribution is -2.42. The molecule has 0 aliphatic heterocycles. The molecular formula is C18H22N6O4S. The molecule has 154 valence electrons. The van der Waals surface area contributed by atoms with Crippen LogP contribution in [-0.2, 0) is 23.6 Å². The number of fused-ring (bicyclic) bond motifs is 1. The SMILES string of the molecule is CCCCCn1nc(C(=O)NNS(=O)(=O)c2cnn(C)c2)c2ccccc2c1=O. The molecule has 0 saturated heterocycles. The summed E-state index contributed by atoms with van der Waals surface area (Å²) in [7, 11) is -2.41. The quantitative estimate of drug-likeness (QED) is 0.414. The predicted octanol–water partition coefficient (Wildman–Crippen LogP) is 0.943. The molecule has 3 rings (SSSR count). The minimum Gasteiger partial charge on any atom is -0.274 e. The van der Waals surface area contributed by atoms with Gasteiger partial charge in [-0.15, -0.1) is 4.83 Å². The number of carbonyl (C=O) groups is 1. The summed E-state index contributed by atoms with van der Waals surface area (Å²) < 4.78 is 27.2. The van der Waals surface area contributed by atoms with Crippen LogP contribution in [0.3, 0.4) is 0 Å². The van der Waals surface area contributed by atoms with E-state index < -0.39 is 15.9 Å². The second-order valence-electron chi connectivity index (χ2n) is 6.54. The van der Waals surface area contributed by atoms with Gasteiger partial charge in [-0.05, 0) is 12.5 Å². The summed E-state index contributed by atoms with van der Waals surface area (Å²) in [4.78, 5) is 27.3. The molecule has 11 heteroatoms. The number of sulfonamides is 1. The summed E-state index contributed by atoms with van der Waals surface area (Å²) in [5.74, 6) is -0.766. The van der Waals surface area contributed by atoms with E-state index in [-0.39, 0.29) is 16.1 Å². The van der Waals surface area contributed by atoms with Gasteiger partial charge in [-0.3, -0.25) is 19.7 Å². The third-order valence-electron chi connectivity index (χ3n) is 4.35. The van der Waals surface area contributed by atoms with Crippen molar-refractivity contribution in [1.29, 1.82) is 0 Å². The molecule has 10 nitrogen and oxygen atoms in total. The number of nitrogens with zero attached hydrogens (tertiary/aromatic N) is 4. The van der Waals surface area contributed by atoms with Crippen LogP contribution in [0.25, 0.3) is 10.8 Å². The van der Waals surface area contributed by atoms with Gasteiger partial charge in [0, 0.05) is 25.2 Å². The number of hydrogen-bond donors (Lipinski definition) is 2. The number of nitrogens with one attached hydrogen (secondary N) is 2. The molecule has 0 bridgehead atoms. The number of rotatable bonds is 8. The van der Waals surface area contributed by atoms with E-state index in [0.717, 1.165) is 25.5 Å². The highest BCUT2D eigenvalue weighted by atomic mass is 32.2. The van der Waals surface area contributed by atoms with Crippen LogP contribution in [0.4, 0.5) is 0 Å². The van der Waals surface area contributed by atoms with Crippen LogP contribution in [0.1, 0.15) is 36.7 Å². The van der Waals surface area contributed by atoms with E-state index in [1.54, 1.807) is 31.3 Å². The maximum absolute atomic E-state index is 12.7. The Balaban J connectivity index is 1.90. The molecule has 0 atom stereocenters. The molecule has 2 N–H and O–H groups in total. The van der Waals surface area contributed by atoms with Gasteiger partial charge in [0.2, 0.25) is 0 Å². The molecule has 0 spiro atoms. The highest BCUT2D eigenvalue weighted by Crippen LogP contribution is 2.14. The van der Waals surface area contributed by atoms with Gasteiger partial charge in [0.15, 0.2) is 5.69 Å². The first-order valence-corrected chi connectivity index (χ1v) is 10.6. The smallest absolute Gasteiger partial charge is 0.274 e. The van der Waals surface area contributed by atoms with Crippen molar-refractivity contribution in [3.05, 3.63) is 52.7 Å². The van der Waals surface area contributed by atoms with E-state index in [2.05, 4.69) is 15.6 Å². The van der Waals surface area contributed by atoms with Gasteiger partial charge in [-0.2, -0.15) is 10.2 Å². The van der Waals surface area contributed by atoms with Gasteiger partial charge in [-0.1, -0.05) is 38.0 Å². The normalized spacial score (nSPS) is 11.7. The number of aromatic nitrogens is 4. The summed E-state index contributed by atoms with van der Waals surface area (Å²) in [5, 5.41) is 8.69. The summed E-state index contributed by atoms with van der Waals surface area (Å²) in [5.41, 5.74) is 1.84. The zero-order valence-corrected chi connectivity index (χ0v) is 16.9. The monoisotopic (exact) mass is 418 g/mol. The van der Waals surface area contributed by atoms with Gasteiger partial charge >= 0.3 is 0 Å². The average molecular weight is 418 g/mol. The maximum atomic E-state index is 12.7. The second-order valence-corrected chi connectivity index (χ2v) is 8.22. The Labute approximate surface area is 167 Å². The first-order chi connectivity index (χ1) is 13.8. The molecule has 2 heterocycles. The molecule has 2 aromatic heterocycles. The van der Waals surface area contributed by atoms with Crippen LogP contribution >= 0.6 is 0 Å². The van der Waals surface area contributed by atoms with Crippen molar-refractivity contribution < 1.29 is 13.2 Å². The van der Waals surface area contributed by atoms with Gasteiger partial charge in [-0.25, -0.2) is 13.1 Å². The van der Waals surface area contributed by atoms with Crippen LogP contribution in [-0.4, -0.2) is 33.9 Å². The number of aryl methyl sites for hydroxylation is 2. The lowest BCUT2D eigenvalue weighted by molar-refractivity contribution is 0.0939. The van der Waals surface area contributed by atoms with Crippen molar-refractivity contribution in [2.24, 2.45) is 7.05 Å². The molecule has 1 aromatic carbocycles. The lowest BCUT2D eigenvalue weighted by atomic mass is 10.1. The van der Waals surface area contributed by atoms with Crippen molar-refractivity contribution in [1.82, 2.24) is 29.8 Å². The van der Waals surface area contributed by atoms with Gasteiger partial charge in [0.1, 0.15) is 4.90 Å². The average Bonchev–Trinajstić information content (AvgIpc) is 3.15. The lowest BCUT2D eigenvalue weighted by Gasteiger charge is -2.11. The minimum atomic E-state index is -3.99. The van der Waals surface area contributed by atoms with Gasteiger partial charge in [0.05, 0.1) is 11.6 Å². The van der Waals surface area contributed by atoms with E-state index in [9.17, 15) is 18.0 Å². The van der Waals surface area contributed by atoms with Crippen LogP contribution in [0.2, 0.25) is 0 Å². The number of hydrogen-bond acceptors (Lipinski definition) is 6. The van der Waals surface area contributed by atoms with Gasteiger partial charge in [0.25, 0.3) is 21.5 Å². The van der Waals surface area contributed by atoms with Crippen LogP contribution in [0.15, 0.2) is 46.3 Å². The van der Waals surface area contributed by atoms with E-state index in [1.807, 2.05) is 11.8 Å². The van der Waals surface area contributed by atoms with Gasteiger partial charge < -0.3 is 0 Å². The van der Waals surface area contributed by atoms with Crippen molar-refractivity contribution in [2.75, 3.05) is 0 Å². The Hall–Kier alpha value is -3.05. The van der Waals surface area contributed by atoms with E-state index in [1.165, 1.54) is 15.6 Å².